The first-order valence-corrected chi connectivity index (χ1v) is 5.69. The van der Waals surface area contributed by atoms with E-state index in [-0.39, 0.29) is 6.04 Å². The van der Waals surface area contributed by atoms with Gasteiger partial charge in [0.25, 0.3) is 0 Å². The van der Waals surface area contributed by atoms with Crippen molar-refractivity contribution in [2.24, 2.45) is 5.73 Å². The summed E-state index contributed by atoms with van der Waals surface area (Å²) in [6.07, 6.45) is 1.74. The van der Waals surface area contributed by atoms with E-state index in [0.717, 1.165) is 10.8 Å². The number of hydrogen-bond donors (Lipinski definition) is 1. The molecule has 2 heterocycles. The zero-order chi connectivity index (χ0) is 12.5. The topological polar surface area (TPSA) is 77.8 Å². The van der Waals surface area contributed by atoms with Crippen molar-refractivity contribution in [1.82, 2.24) is 15.1 Å². The van der Waals surface area contributed by atoms with Crippen molar-refractivity contribution in [2.75, 3.05) is 0 Å². The Morgan fingerprint density at radius 1 is 1.22 bits per heavy atom. The molecule has 1 atom stereocenters. The van der Waals surface area contributed by atoms with Gasteiger partial charge in [0.05, 0.1) is 6.04 Å². The molecular formula is C13H12N4O. The van der Waals surface area contributed by atoms with Crippen molar-refractivity contribution in [3.05, 3.63) is 42.4 Å². The summed E-state index contributed by atoms with van der Waals surface area (Å²) in [6.45, 7) is 1.80. The van der Waals surface area contributed by atoms with Gasteiger partial charge in [0.15, 0.2) is 0 Å². The summed E-state index contributed by atoms with van der Waals surface area (Å²) < 4.78 is 5.10. The maximum Gasteiger partial charge on any atom is 0.243 e. The van der Waals surface area contributed by atoms with Crippen LogP contribution in [0.4, 0.5) is 0 Å². The fourth-order valence-corrected chi connectivity index (χ4v) is 1.81. The van der Waals surface area contributed by atoms with E-state index in [2.05, 4.69) is 15.1 Å². The Morgan fingerprint density at radius 3 is 2.83 bits per heavy atom. The molecule has 5 nitrogen and oxygen atoms in total. The van der Waals surface area contributed by atoms with Gasteiger partial charge in [0.2, 0.25) is 11.7 Å². The lowest BCUT2D eigenvalue weighted by atomic mass is 10.1. The molecule has 0 aliphatic heterocycles. The van der Waals surface area contributed by atoms with Gasteiger partial charge in [-0.1, -0.05) is 29.4 Å². The minimum atomic E-state index is -0.277. The normalized spacial score (nSPS) is 12.8. The molecule has 0 unspecified atom stereocenters. The van der Waals surface area contributed by atoms with Gasteiger partial charge in [-0.05, 0) is 18.4 Å². The molecule has 0 aliphatic rings. The fraction of sp³-hybridized carbons (Fsp3) is 0.154. The van der Waals surface area contributed by atoms with E-state index >= 15 is 0 Å². The first-order chi connectivity index (χ1) is 8.75. The first kappa shape index (κ1) is 10.9. The van der Waals surface area contributed by atoms with E-state index < -0.39 is 0 Å². The van der Waals surface area contributed by atoms with Crippen molar-refractivity contribution in [2.45, 2.75) is 13.0 Å². The predicted molar refractivity (Wildman–Crippen MR) is 67.6 cm³/mol. The molecule has 0 bridgehead atoms. The van der Waals surface area contributed by atoms with Crippen molar-refractivity contribution in [1.29, 1.82) is 0 Å². The summed E-state index contributed by atoms with van der Waals surface area (Å²) >= 11 is 0. The van der Waals surface area contributed by atoms with Gasteiger partial charge in [0, 0.05) is 11.6 Å². The number of benzene rings is 1. The quantitative estimate of drug-likeness (QED) is 0.743. The van der Waals surface area contributed by atoms with Gasteiger partial charge < -0.3 is 10.3 Å². The first-order valence-electron chi connectivity index (χ1n) is 5.69. The molecule has 90 valence electrons. The number of nitrogens with zero attached hydrogens (tertiary/aromatic N) is 3. The van der Waals surface area contributed by atoms with E-state index in [9.17, 15) is 0 Å². The van der Waals surface area contributed by atoms with Crippen LogP contribution in [0.1, 0.15) is 18.9 Å². The van der Waals surface area contributed by atoms with Crippen LogP contribution in [-0.4, -0.2) is 15.1 Å². The molecule has 0 amide bonds. The van der Waals surface area contributed by atoms with Crippen LogP contribution in [0, 0.1) is 0 Å². The lowest BCUT2D eigenvalue weighted by Gasteiger charge is -2.00. The highest BCUT2D eigenvalue weighted by molar-refractivity contribution is 5.92. The minimum absolute atomic E-state index is 0.277. The summed E-state index contributed by atoms with van der Waals surface area (Å²) in [5.74, 6) is 0.888. The smallest absolute Gasteiger partial charge is 0.243 e. The zero-order valence-electron chi connectivity index (χ0n) is 9.87. The Morgan fingerprint density at radius 2 is 2.06 bits per heavy atom. The Hall–Kier alpha value is -2.27. The minimum Gasteiger partial charge on any atom is -0.337 e. The molecule has 0 fully saturated rings. The molecule has 3 aromatic rings. The highest BCUT2D eigenvalue weighted by Crippen LogP contribution is 2.24. The SMILES string of the molecule is C[C@@H](N)c1nc(-c2nccc3ccccc23)no1. The standard InChI is InChI=1S/C13H12N4O/c1-8(14)13-16-12(17-18-13)11-10-5-3-2-4-9(10)6-7-15-11/h2-8H,14H2,1H3/t8-/m1/s1. The largest absolute Gasteiger partial charge is 0.337 e. The van der Waals surface area contributed by atoms with Crippen LogP contribution in [0.25, 0.3) is 22.3 Å². The van der Waals surface area contributed by atoms with Crippen molar-refractivity contribution >= 4 is 10.8 Å². The van der Waals surface area contributed by atoms with Gasteiger partial charge in [-0.25, -0.2) is 0 Å². The second-order valence-corrected chi connectivity index (χ2v) is 4.13. The molecule has 18 heavy (non-hydrogen) atoms. The van der Waals surface area contributed by atoms with Gasteiger partial charge in [-0.2, -0.15) is 4.98 Å². The van der Waals surface area contributed by atoms with Crippen molar-refractivity contribution in [3.63, 3.8) is 0 Å². The van der Waals surface area contributed by atoms with Gasteiger partial charge in [-0.15, -0.1) is 0 Å². The van der Waals surface area contributed by atoms with Crippen LogP contribution in [-0.2, 0) is 0 Å². The Labute approximate surface area is 104 Å². The van der Waals surface area contributed by atoms with Gasteiger partial charge in [0.1, 0.15) is 5.69 Å². The number of pyridine rings is 1. The van der Waals surface area contributed by atoms with E-state index in [4.69, 9.17) is 10.3 Å². The van der Waals surface area contributed by atoms with Crippen LogP contribution >= 0.6 is 0 Å². The molecule has 5 heteroatoms. The highest BCUT2D eigenvalue weighted by Gasteiger charge is 2.14. The molecule has 0 spiro atoms. The van der Waals surface area contributed by atoms with Crippen LogP contribution in [0.5, 0.6) is 0 Å². The molecule has 2 aromatic heterocycles. The molecule has 0 aliphatic carbocycles. The summed E-state index contributed by atoms with van der Waals surface area (Å²) in [5.41, 5.74) is 6.41. The summed E-state index contributed by atoms with van der Waals surface area (Å²) in [4.78, 5) is 8.59. The number of hydrogen-bond acceptors (Lipinski definition) is 5. The number of rotatable bonds is 2. The predicted octanol–water partition coefficient (Wildman–Crippen LogP) is 2.30. The third kappa shape index (κ3) is 1.74. The summed E-state index contributed by atoms with van der Waals surface area (Å²) in [6, 6.07) is 9.62. The average Bonchev–Trinajstić information content (AvgIpc) is 2.87. The van der Waals surface area contributed by atoms with Crippen molar-refractivity contribution < 1.29 is 4.52 Å². The number of nitrogens with two attached hydrogens (primary N) is 1. The van der Waals surface area contributed by atoms with Gasteiger partial charge in [-0.3, -0.25) is 4.98 Å². The van der Waals surface area contributed by atoms with E-state index in [0.29, 0.717) is 17.4 Å². The second kappa shape index (κ2) is 4.19. The Kier molecular flexibility index (Phi) is 2.53. The third-order valence-electron chi connectivity index (χ3n) is 2.72. The van der Waals surface area contributed by atoms with Crippen LogP contribution < -0.4 is 5.73 Å². The van der Waals surface area contributed by atoms with Crippen LogP contribution in [0.3, 0.4) is 0 Å². The number of fused-ring (bicyclic) bond motifs is 1. The lowest BCUT2D eigenvalue weighted by Crippen LogP contribution is -2.04. The maximum atomic E-state index is 5.70. The van der Waals surface area contributed by atoms with Crippen LogP contribution in [0.15, 0.2) is 41.1 Å². The monoisotopic (exact) mass is 240 g/mol. The molecule has 0 radical (unpaired) electrons. The maximum absolute atomic E-state index is 5.70. The molecule has 0 saturated heterocycles. The van der Waals surface area contributed by atoms with Crippen LogP contribution in [0.2, 0.25) is 0 Å². The molecule has 0 saturated carbocycles. The van der Waals surface area contributed by atoms with E-state index in [1.807, 2.05) is 30.3 Å². The van der Waals surface area contributed by atoms with Crippen molar-refractivity contribution in [3.8, 4) is 11.5 Å². The molecular weight excluding hydrogens is 228 g/mol. The number of aromatic nitrogens is 3. The zero-order valence-corrected chi connectivity index (χ0v) is 9.87. The lowest BCUT2D eigenvalue weighted by molar-refractivity contribution is 0.362. The molecule has 2 N–H and O–H groups in total. The Balaban J connectivity index is 2.18. The van der Waals surface area contributed by atoms with E-state index in [1.54, 1.807) is 13.1 Å². The van der Waals surface area contributed by atoms with Gasteiger partial charge >= 0.3 is 0 Å². The summed E-state index contributed by atoms with van der Waals surface area (Å²) in [7, 11) is 0. The second-order valence-electron chi connectivity index (χ2n) is 4.13. The third-order valence-corrected chi connectivity index (χ3v) is 2.72. The fourth-order valence-electron chi connectivity index (χ4n) is 1.81. The van der Waals surface area contributed by atoms with E-state index in [1.165, 1.54) is 0 Å². The molecule has 1 aromatic carbocycles. The molecule has 3 rings (SSSR count). The average molecular weight is 240 g/mol. The highest BCUT2D eigenvalue weighted by atomic mass is 16.5. The summed E-state index contributed by atoms with van der Waals surface area (Å²) in [5, 5.41) is 6.02. The Bertz CT molecular complexity index is 685.